The predicted molar refractivity (Wildman–Crippen MR) is 79.6 cm³/mol. The van der Waals surface area contributed by atoms with Gasteiger partial charge in [0.1, 0.15) is 0 Å². The summed E-state index contributed by atoms with van der Waals surface area (Å²) >= 11 is 0. The van der Waals surface area contributed by atoms with E-state index in [1.807, 2.05) is 6.92 Å². The monoisotopic (exact) mass is 298 g/mol. The van der Waals surface area contributed by atoms with Gasteiger partial charge in [0.2, 0.25) is 0 Å². The lowest BCUT2D eigenvalue weighted by Gasteiger charge is -2.07. The molecule has 0 fully saturated rings. The predicted octanol–water partition coefficient (Wildman–Crippen LogP) is 1.73. The van der Waals surface area contributed by atoms with E-state index >= 15 is 0 Å². The summed E-state index contributed by atoms with van der Waals surface area (Å²) in [6.45, 7) is 4.80. The summed E-state index contributed by atoms with van der Waals surface area (Å²) in [4.78, 5) is 11.7. The largest absolute Gasteiger partial charge is 0.338 e. The van der Waals surface area contributed by atoms with Crippen LogP contribution in [0.1, 0.15) is 25.8 Å². The van der Waals surface area contributed by atoms with Crippen LogP contribution in [-0.2, 0) is 16.3 Å². The van der Waals surface area contributed by atoms with Gasteiger partial charge in [0.15, 0.2) is 9.84 Å². The van der Waals surface area contributed by atoms with Crippen molar-refractivity contribution in [1.82, 2.24) is 10.6 Å². The first-order chi connectivity index (χ1) is 9.49. The Bertz CT molecular complexity index is 524. The molecule has 0 aromatic heterocycles. The molecule has 112 valence electrons. The van der Waals surface area contributed by atoms with Crippen LogP contribution in [-0.4, -0.2) is 33.3 Å². The minimum absolute atomic E-state index is 0.103. The molecule has 0 saturated heterocycles. The topological polar surface area (TPSA) is 75.3 Å². The molecule has 1 aromatic carbocycles. The molecule has 1 rings (SSSR count). The van der Waals surface area contributed by atoms with Crippen molar-refractivity contribution in [1.29, 1.82) is 0 Å². The highest BCUT2D eigenvalue weighted by Gasteiger charge is 2.10. The molecule has 0 saturated carbocycles. The molecule has 0 heterocycles. The molecule has 0 unspecified atom stereocenters. The van der Waals surface area contributed by atoms with Crippen LogP contribution in [0.15, 0.2) is 29.2 Å². The lowest BCUT2D eigenvalue weighted by atomic mass is 10.1. The van der Waals surface area contributed by atoms with Crippen LogP contribution in [0, 0.1) is 0 Å². The van der Waals surface area contributed by atoms with Crippen molar-refractivity contribution >= 4 is 15.9 Å². The summed E-state index contributed by atoms with van der Waals surface area (Å²) in [5.74, 6) is 0.103. The van der Waals surface area contributed by atoms with E-state index in [1.54, 1.807) is 31.2 Å². The molecular formula is C14H22N2O3S. The fourth-order valence-corrected chi connectivity index (χ4v) is 2.54. The molecule has 0 aliphatic carbocycles. The smallest absolute Gasteiger partial charge is 0.314 e. The molecule has 0 bridgehead atoms. The van der Waals surface area contributed by atoms with Crippen molar-refractivity contribution in [2.75, 3.05) is 18.8 Å². The minimum Gasteiger partial charge on any atom is -0.338 e. The van der Waals surface area contributed by atoms with E-state index in [9.17, 15) is 13.2 Å². The highest BCUT2D eigenvalue weighted by atomic mass is 32.2. The van der Waals surface area contributed by atoms with E-state index in [0.717, 1.165) is 12.0 Å². The molecule has 2 N–H and O–H groups in total. The summed E-state index contributed by atoms with van der Waals surface area (Å²) in [5.41, 5.74) is 0.996. The first-order valence-electron chi connectivity index (χ1n) is 6.83. The second-order valence-corrected chi connectivity index (χ2v) is 6.76. The average molecular weight is 298 g/mol. The van der Waals surface area contributed by atoms with Gasteiger partial charge in [-0.2, -0.15) is 0 Å². The van der Waals surface area contributed by atoms with Crippen LogP contribution >= 0.6 is 0 Å². The van der Waals surface area contributed by atoms with Gasteiger partial charge in [-0.15, -0.1) is 0 Å². The third kappa shape index (κ3) is 5.21. The number of sulfone groups is 1. The van der Waals surface area contributed by atoms with Gasteiger partial charge < -0.3 is 10.6 Å². The molecule has 0 radical (unpaired) electrons. The fraction of sp³-hybridized carbons (Fsp3) is 0.500. The first kappa shape index (κ1) is 16.5. The summed E-state index contributed by atoms with van der Waals surface area (Å²) in [6.07, 6.45) is 1.58. The molecule has 6 heteroatoms. The summed E-state index contributed by atoms with van der Waals surface area (Å²) < 4.78 is 23.3. The van der Waals surface area contributed by atoms with Crippen molar-refractivity contribution < 1.29 is 13.2 Å². The second-order valence-electron chi connectivity index (χ2n) is 4.48. The number of carbonyl (C=O) groups is 1. The van der Waals surface area contributed by atoms with Crippen LogP contribution in [0.3, 0.4) is 0 Å². The SMILES string of the molecule is CCCNC(=O)NCCc1ccc(S(=O)(=O)CC)cc1. The van der Waals surface area contributed by atoms with E-state index in [4.69, 9.17) is 0 Å². The van der Waals surface area contributed by atoms with Gasteiger partial charge >= 0.3 is 6.03 Å². The quantitative estimate of drug-likeness (QED) is 0.805. The maximum atomic E-state index is 11.7. The van der Waals surface area contributed by atoms with Crippen molar-refractivity contribution in [2.45, 2.75) is 31.6 Å². The highest BCUT2D eigenvalue weighted by molar-refractivity contribution is 7.91. The summed E-state index contributed by atoms with van der Waals surface area (Å²) in [7, 11) is -3.14. The Morgan fingerprint density at radius 2 is 1.65 bits per heavy atom. The molecule has 0 aliphatic rings. The highest BCUT2D eigenvalue weighted by Crippen LogP contribution is 2.12. The van der Waals surface area contributed by atoms with E-state index < -0.39 is 9.84 Å². The molecule has 2 amide bonds. The van der Waals surface area contributed by atoms with Gasteiger partial charge in [-0.1, -0.05) is 26.0 Å². The number of hydrogen-bond acceptors (Lipinski definition) is 3. The summed E-state index contributed by atoms with van der Waals surface area (Å²) in [5, 5.41) is 5.48. The minimum atomic E-state index is -3.14. The Labute approximate surface area is 120 Å². The molecule has 5 nitrogen and oxygen atoms in total. The maximum Gasteiger partial charge on any atom is 0.314 e. The zero-order valence-corrected chi connectivity index (χ0v) is 12.8. The lowest BCUT2D eigenvalue weighted by molar-refractivity contribution is 0.241. The zero-order chi connectivity index (χ0) is 15.0. The number of nitrogens with one attached hydrogen (secondary N) is 2. The van der Waals surface area contributed by atoms with Crippen molar-refractivity contribution in [2.24, 2.45) is 0 Å². The van der Waals surface area contributed by atoms with Gasteiger partial charge in [-0.05, 0) is 30.5 Å². The van der Waals surface area contributed by atoms with Gasteiger partial charge in [0, 0.05) is 13.1 Å². The van der Waals surface area contributed by atoms with Crippen LogP contribution < -0.4 is 10.6 Å². The van der Waals surface area contributed by atoms with Gasteiger partial charge in [-0.25, -0.2) is 13.2 Å². The molecule has 0 aliphatic heterocycles. The van der Waals surface area contributed by atoms with Crippen molar-refractivity contribution in [3.8, 4) is 0 Å². The molecule has 20 heavy (non-hydrogen) atoms. The number of carbonyl (C=O) groups excluding carboxylic acids is 1. The number of hydrogen-bond donors (Lipinski definition) is 2. The molecule has 0 atom stereocenters. The summed E-state index contributed by atoms with van der Waals surface area (Å²) in [6, 6.07) is 6.64. The fourth-order valence-electron chi connectivity index (χ4n) is 1.65. The number of benzene rings is 1. The van der Waals surface area contributed by atoms with Gasteiger partial charge in [0.25, 0.3) is 0 Å². The molecule has 1 aromatic rings. The van der Waals surface area contributed by atoms with Gasteiger partial charge in [-0.3, -0.25) is 0 Å². The van der Waals surface area contributed by atoms with Crippen LogP contribution in [0.5, 0.6) is 0 Å². The Morgan fingerprint density at radius 3 is 2.20 bits per heavy atom. The van der Waals surface area contributed by atoms with E-state index in [0.29, 0.717) is 24.4 Å². The van der Waals surface area contributed by atoms with Crippen molar-refractivity contribution in [3.05, 3.63) is 29.8 Å². The third-order valence-electron chi connectivity index (χ3n) is 2.90. The normalized spacial score (nSPS) is 11.1. The van der Waals surface area contributed by atoms with E-state index in [-0.39, 0.29) is 11.8 Å². The number of rotatable bonds is 7. The Balaban J connectivity index is 2.45. The Morgan fingerprint density at radius 1 is 1.05 bits per heavy atom. The lowest BCUT2D eigenvalue weighted by Crippen LogP contribution is -2.36. The third-order valence-corrected chi connectivity index (χ3v) is 4.65. The van der Waals surface area contributed by atoms with Crippen LogP contribution in [0.4, 0.5) is 4.79 Å². The standard InChI is InChI=1S/C14H22N2O3S/c1-3-10-15-14(17)16-11-9-12-5-7-13(8-6-12)20(18,19)4-2/h5-8H,3-4,9-11H2,1-2H3,(H2,15,16,17). The average Bonchev–Trinajstić information content (AvgIpc) is 2.45. The van der Waals surface area contributed by atoms with Gasteiger partial charge in [0.05, 0.1) is 10.6 Å². The maximum absolute atomic E-state index is 11.7. The second kappa shape index (κ2) is 7.89. The Hall–Kier alpha value is -1.56. The van der Waals surface area contributed by atoms with E-state index in [1.165, 1.54) is 0 Å². The first-order valence-corrected chi connectivity index (χ1v) is 8.48. The zero-order valence-electron chi connectivity index (χ0n) is 12.0. The molecular weight excluding hydrogens is 276 g/mol. The van der Waals surface area contributed by atoms with E-state index in [2.05, 4.69) is 10.6 Å². The van der Waals surface area contributed by atoms with Crippen LogP contribution in [0.25, 0.3) is 0 Å². The van der Waals surface area contributed by atoms with Crippen molar-refractivity contribution in [3.63, 3.8) is 0 Å². The van der Waals surface area contributed by atoms with Crippen LogP contribution in [0.2, 0.25) is 0 Å². The number of amides is 2. The Kier molecular flexibility index (Phi) is 6.51. The number of urea groups is 1. The molecule has 0 spiro atoms.